The lowest BCUT2D eigenvalue weighted by molar-refractivity contribution is 0.102. The number of fused-ring (bicyclic) bond motifs is 1. The molecule has 0 aliphatic carbocycles. The minimum Gasteiger partial charge on any atom is -0.396 e. The highest BCUT2D eigenvalue weighted by atomic mass is 35.5. The van der Waals surface area contributed by atoms with Crippen LogP contribution in [0.2, 0.25) is 5.02 Å². The fourth-order valence-electron chi connectivity index (χ4n) is 3.44. The number of nitrogens with two attached hydrogens (primary N) is 1. The molecule has 30 heavy (non-hydrogen) atoms. The molecule has 0 saturated carbocycles. The van der Waals surface area contributed by atoms with Crippen LogP contribution in [-0.2, 0) is 0 Å². The first-order valence-electron chi connectivity index (χ1n) is 9.44. The lowest BCUT2D eigenvalue weighted by Crippen LogP contribution is -2.14. The fourth-order valence-corrected chi connectivity index (χ4v) is 3.57. The summed E-state index contributed by atoms with van der Waals surface area (Å²) in [6.07, 6.45) is 1.74. The van der Waals surface area contributed by atoms with E-state index in [-0.39, 0.29) is 22.7 Å². The van der Waals surface area contributed by atoms with Gasteiger partial charge in [0.15, 0.2) is 0 Å². The van der Waals surface area contributed by atoms with Gasteiger partial charge in [0.25, 0.3) is 5.91 Å². The van der Waals surface area contributed by atoms with E-state index in [0.717, 1.165) is 11.1 Å². The molecule has 6 heteroatoms. The number of benzene rings is 2. The van der Waals surface area contributed by atoms with Gasteiger partial charge in [0.05, 0.1) is 16.8 Å². The van der Waals surface area contributed by atoms with Gasteiger partial charge < -0.3 is 15.5 Å². The molecule has 0 unspecified atom stereocenters. The molecular formula is C24H20ClN3O2. The van der Waals surface area contributed by atoms with Gasteiger partial charge in [0, 0.05) is 22.5 Å². The van der Waals surface area contributed by atoms with E-state index < -0.39 is 5.91 Å². The summed E-state index contributed by atoms with van der Waals surface area (Å²) in [5.74, 6) is -0.625. The number of carbonyl (C=O) groups excluding carboxylic acids is 2. The number of carbonyl (C=O) groups is 2. The number of hydrogen-bond donors (Lipinski definition) is 2. The minimum absolute atomic E-state index is 0.149. The summed E-state index contributed by atoms with van der Waals surface area (Å²) >= 11 is 5.91. The van der Waals surface area contributed by atoms with Crippen molar-refractivity contribution in [2.75, 3.05) is 11.1 Å². The number of aryl methyl sites for hydroxylation is 2. The van der Waals surface area contributed by atoms with Crippen LogP contribution in [0.15, 0.2) is 66.9 Å². The van der Waals surface area contributed by atoms with Crippen LogP contribution >= 0.6 is 11.6 Å². The number of amides is 1. The SMILES string of the molecule is Cc1ccc(C(=O)c2c(N)c(C(=O)Nc3ccc(Cl)cc3)c3ccccn23)cc1C. The molecule has 0 spiro atoms. The van der Waals surface area contributed by atoms with Crippen molar-refractivity contribution in [2.45, 2.75) is 13.8 Å². The van der Waals surface area contributed by atoms with Crippen LogP contribution in [0, 0.1) is 13.8 Å². The monoisotopic (exact) mass is 417 g/mol. The maximum absolute atomic E-state index is 13.3. The first-order chi connectivity index (χ1) is 14.4. The van der Waals surface area contributed by atoms with Crippen LogP contribution in [0.5, 0.6) is 0 Å². The number of hydrogen-bond acceptors (Lipinski definition) is 3. The van der Waals surface area contributed by atoms with Gasteiger partial charge in [-0.3, -0.25) is 9.59 Å². The third-order valence-electron chi connectivity index (χ3n) is 5.19. The molecule has 2 aromatic carbocycles. The molecule has 0 saturated heterocycles. The highest BCUT2D eigenvalue weighted by Crippen LogP contribution is 2.29. The lowest BCUT2D eigenvalue weighted by Gasteiger charge is -2.07. The molecular weight excluding hydrogens is 398 g/mol. The molecule has 0 radical (unpaired) electrons. The molecule has 2 heterocycles. The molecule has 0 atom stereocenters. The standard InChI is InChI=1S/C24H20ClN3O2/c1-14-6-7-16(13-15(14)2)23(29)22-21(26)20(19-5-3-4-12-28(19)22)24(30)27-18-10-8-17(25)9-11-18/h3-13H,26H2,1-2H3,(H,27,30). The number of halogens is 1. The largest absolute Gasteiger partial charge is 0.396 e. The number of aromatic nitrogens is 1. The summed E-state index contributed by atoms with van der Waals surface area (Å²) in [4.78, 5) is 26.4. The number of rotatable bonds is 4. The van der Waals surface area contributed by atoms with Gasteiger partial charge in [0.2, 0.25) is 5.78 Å². The van der Waals surface area contributed by atoms with Gasteiger partial charge in [-0.2, -0.15) is 0 Å². The zero-order valence-corrected chi connectivity index (χ0v) is 17.3. The minimum atomic E-state index is -0.391. The van der Waals surface area contributed by atoms with Gasteiger partial charge in [-0.25, -0.2) is 0 Å². The van der Waals surface area contributed by atoms with Gasteiger partial charge in [-0.1, -0.05) is 29.8 Å². The van der Waals surface area contributed by atoms with Crippen LogP contribution in [0.3, 0.4) is 0 Å². The number of anilines is 2. The van der Waals surface area contributed by atoms with Gasteiger partial charge in [0.1, 0.15) is 5.69 Å². The first-order valence-corrected chi connectivity index (χ1v) is 9.82. The van der Waals surface area contributed by atoms with E-state index >= 15 is 0 Å². The maximum atomic E-state index is 13.3. The summed E-state index contributed by atoms with van der Waals surface area (Å²) in [5.41, 5.74) is 10.8. The van der Waals surface area contributed by atoms with E-state index in [2.05, 4.69) is 5.32 Å². The van der Waals surface area contributed by atoms with Crippen LogP contribution in [0.25, 0.3) is 5.52 Å². The Labute approximate surface area is 179 Å². The van der Waals surface area contributed by atoms with E-state index in [1.165, 1.54) is 0 Å². The van der Waals surface area contributed by atoms with Crippen LogP contribution in [-0.4, -0.2) is 16.1 Å². The van der Waals surface area contributed by atoms with Crippen LogP contribution in [0.4, 0.5) is 11.4 Å². The molecule has 4 rings (SSSR count). The van der Waals surface area contributed by atoms with Crippen LogP contribution in [0.1, 0.15) is 37.5 Å². The van der Waals surface area contributed by atoms with E-state index in [0.29, 0.717) is 21.8 Å². The molecule has 0 aliphatic rings. The summed E-state index contributed by atoms with van der Waals surface area (Å²) in [5, 5.41) is 3.40. The quantitative estimate of drug-likeness (QED) is 0.444. The fraction of sp³-hybridized carbons (Fsp3) is 0.0833. The molecule has 4 aromatic rings. The zero-order valence-electron chi connectivity index (χ0n) is 16.6. The van der Waals surface area contributed by atoms with Crippen molar-refractivity contribution in [1.82, 2.24) is 4.40 Å². The van der Waals surface area contributed by atoms with Crippen molar-refractivity contribution in [3.8, 4) is 0 Å². The third kappa shape index (κ3) is 3.44. The van der Waals surface area contributed by atoms with Crippen molar-refractivity contribution in [3.63, 3.8) is 0 Å². The second-order valence-electron chi connectivity index (χ2n) is 7.18. The van der Waals surface area contributed by atoms with E-state index in [1.807, 2.05) is 26.0 Å². The van der Waals surface area contributed by atoms with E-state index in [1.54, 1.807) is 59.1 Å². The smallest absolute Gasteiger partial charge is 0.259 e. The molecule has 2 aromatic heterocycles. The molecule has 0 aliphatic heterocycles. The maximum Gasteiger partial charge on any atom is 0.259 e. The lowest BCUT2D eigenvalue weighted by atomic mass is 10.0. The molecule has 5 nitrogen and oxygen atoms in total. The Kier molecular flexibility index (Phi) is 5.06. The summed E-state index contributed by atoms with van der Waals surface area (Å²) in [6.45, 7) is 3.94. The Morgan fingerprint density at radius 3 is 2.40 bits per heavy atom. The molecule has 0 fully saturated rings. The van der Waals surface area contributed by atoms with Crippen molar-refractivity contribution in [2.24, 2.45) is 0 Å². The summed E-state index contributed by atoms with van der Waals surface area (Å²) in [6, 6.07) is 17.7. The first kappa shape index (κ1) is 19.7. The predicted molar refractivity (Wildman–Crippen MR) is 121 cm³/mol. The third-order valence-corrected chi connectivity index (χ3v) is 5.45. The van der Waals surface area contributed by atoms with Crippen molar-refractivity contribution < 1.29 is 9.59 Å². The summed E-state index contributed by atoms with van der Waals surface area (Å²) in [7, 11) is 0. The second kappa shape index (κ2) is 7.69. The van der Waals surface area contributed by atoms with Gasteiger partial charge in [-0.05, 0) is 67.4 Å². The Hall–Kier alpha value is -3.57. The molecule has 3 N–H and O–H groups in total. The molecule has 150 valence electrons. The zero-order chi connectivity index (χ0) is 21.4. The van der Waals surface area contributed by atoms with E-state index in [4.69, 9.17) is 17.3 Å². The number of pyridine rings is 1. The highest BCUT2D eigenvalue weighted by Gasteiger charge is 2.26. The number of ketones is 1. The van der Waals surface area contributed by atoms with Crippen molar-refractivity contribution >= 4 is 40.2 Å². The normalized spacial score (nSPS) is 10.9. The number of nitrogens with zero attached hydrogens (tertiary/aromatic N) is 1. The second-order valence-corrected chi connectivity index (χ2v) is 7.62. The predicted octanol–water partition coefficient (Wildman–Crippen LogP) is 5.28. The topological polar surface area (TPSA) is 76.6 Å². The molecule has 0 bridgehead atoms. The Balaban J connectivity index is 1.81. The summed E-state index contributed by atoms with van der Waals surface area (Å²) < 4.78 is 1.67. The Morgan fingerprint density at radius 2 is 1.70 bits per heavy atom. The van der Waals surface area contributed by atoms with Crippen molar-refractivity contribution in [3.05, 3.63) is 99.8 Å². The molecule has 1 amide bonds. The van der Waals surface area contributed by atoms with E-state index in [9.17, 15) is 9.59 Å². The number of nitrogen functional groups attached to an aromatic ring is 1. The number of nitrogens with one attached hydrogen (secondary N) is 1. The van der Waals surface area contributed by atoms with Crippen LogP contribution < -0.4 is 11.1 Å². The average molecular weight is 418 g/mol. The van der Waals surface area contributed by atoms with Crippen molar-refractivity contribution in [1.29, 1.82) is 0 Å². The average Bonchev–Trinajstić information content (AvgIpc) is 3.03. The van der Waals surface area contributed by atoms with Gasteiger partial charge in [-0.15, -0.1) is 0 Å². The Morgan fingerprint density at radius 1 is 0.967 bits per heavy atom. The Bertz CT molecular complexity index is 1290. The van der Waals surface area contributed by atoms with Gasteiger partial charge >= 0.3 is 0 Å². The highest BCUT2D eigenvalue weighted by molar-refractivity contribution is 6.30.